The van der Waals surface area contributed by atoms with Crippen molar-refractivity contribution >= 4 is 8.32 Å². The lowest BCUT2D eigenvalue weighted by molar-refractivity contribution is 0.0380. The minimum Gasteiger partial charge on any atom is -0.411 e. The molecule has 0 heterocycles. The monoisotopic (exact) mass is 304 g/mol. The Labute approximate surface area is 131 Å². The summed E-state index contributed by atoms with van der Waals surface area (Å²) in [6, 6.07) is 13.6. The average Bonchev–Trinajstić information content (AvgIpc) is 2.54. The van der Waals surface area contributed by atoms with E-state index in [-0.39, 0.29) is 6.10 Å². The Balaban J connectivity index is 2.51. The molecule has 116 valence electrons. The van der Waals surface area contributed by atoms with Crippen LogP contribution in [0, 0.1) is 12.3 Å². The lowest BCUT2D eigenvalue weighted by Gasteiger charge is -2.32. The second kappa shape index (κ2) is 9.78. The maximum absolute atomic E-state index is 6.44. The number of rotatable bonds is 10. The molecule has 0 aliphatic heterocycles. The summed E-state index contributed by atoms with van der Waals surface area (Å²) >= 11 is 0. The third-order valence-corrected chi connectivity index (χ3v) is 8.81. The van der Waals surface area contributed by atoms with Crippen molar-refractivity contribution in [1.82, 2.24) is 0 Å². The molecule has 0 fully saturated rings. The van der Waals surface area contributed by atoms with Gasteiger partial charge in [0.15, 0.2) is 8.32 Å². The highest BCUT2D eigenvalue weighted by molar-refractivity contribution is 6.73. The molecule has 1 aromatic rings. The van der Waals surface area contributed by atoms with Crippen molar-refractivity contribution in [2.24, 2.45) is 0 Å². The van der Waals surface area contributed by atoms with Crippen LogP contribution < -0.4 is 0 Å². The van der Waals surface area contributed by atoms with E-state index < -0.39 is 8.32 Å². The maximum Gasteiger partial charge on any atom is 0.192 e. The van der Waals surface area contributed by atoms with E-state index in [1.807, 2.05) is 18.2 Å². The average molecular weight is 305 g/mol. The fourth-order valence-electron chi connectivity index (χ4n) is 2.50. The molecule has 1 rings (SSSR count). The first-order valence-corrected chi connectivity index (χ1v) is 10.5. The number of terminal acetylenes is 1. The Bertz CT molecular complexity index is 412. The zero-order valence-corrected chi connectivity index (χ0v) is 14.6. The Morgan fingerprint density at radius 1 is 1.10 bits per heavy atom. The minimum atomic E-state index is -1.62. The lowest BCUT2D eigenvalue weighted by atomic mass is 10.2. The molecule has 0 N–H and O–H groups in total. The molecule has 0 radical (unpaired) electrons. The topological polar surface area (TPSA) is 18.5 Å². The fraction of sp³-hybridized carbons (Fsp3) is 0.556. The number of benzene rings is 1. The quantitative estimate of drug-likeness (QED) is 0.464. The first-order chi connectivity index (χ1) is 10.2. The smallest absolute Gasteiger partial charge is 0.192 e. The summed E-state index contributed by atoms with van der Waals surface area (Å²) in [5.41, 5.74) is 1.18. The molecule has 0 spiro atoms. The summed E-state index contributed by atoms with van der Waals surface area (Å²) in [7, 11) is -1.62. The van der Waals surface area contributed by atoms with Gasteiger partial charge in [0.25, 0.3) is 0 Å². The van der Waals surface area contributed by atoms with E-state index in [1.54, 1.807) is 0 Å². The van der Waals surface area contributed by atoms with Gasteiger partial charge in [-0.2, -0.15) is 0 Å². The molecule has 0 saturated carbocycles. The van der Waals surface area contributed by atoms with Gasteiger partial charge in [-0.3, -0.25) is 0 Å². The maximum atomic E-state index is 6.44. The van der Waals surface area contributed by atoms with Gasteiger partial charge >= 0.3 is 0 Å². The van der Waals surface area contributed by atoms with E-state index in [4.69, 9.17) is 15.6 Å². The molecule has 0 saturated heterocycles. The molecule has 0 bridgehead atoms. The second-order valence-electron chi connectivity index (χ2n) is 5.39. The first-order valence-electron chi connectivity index (χ1n) is 7.92. The Kier molecular flexibility index (Phi) is 8.37. The summed E-state index contributed by atoms with van der Waals surface area (Å²) in [4.78, 5) is 0. The van der Waals surface area contributed by atoms with Gasteiger partial charge in [0, 0.05) is 6.42 Å². The highest BCUT2D eigenvalue weighted by Crippen LogP contribution is 2.24. The van der Waals surface area contributed by atoms with E-state index in [0.29, 0.717) is 19.6 Å². The van der Waals surface area contributed by atoms with Crippen molar-refractivity contribution < 1.29 is 9.16 Å². The standard InChI is InChI=1S/C18H28O2Si/c1-5-12-18(20-21(6-2,7-3)8-4)16-19-15-17-13-10-9-11-14-17/h1,9-11,13-14,18H,6-8,12,15-16H2,2-4H3/t18-/m1/s1. The normalized spacial score (nSPS) is 12.9. The molecular formula is C18H28O2Si. The van der Waals surface area contributed by atoms with Crippen molar-refractivity contribution in [1.29, 1.82) is 0 Å². The van der Waals surface area contributed by atoms with Crippen molar-refractivity contribution in [3.05, 3.63) is 35.9 Å². The number of ether oxygens (including phenoxy) is 1. The summed E-state index contributed by atoms with van der Waals surface area (Å²) in [5.74, 6) is 2.73. The van der Waals surface area contributed by atoms with Gasteiger partial charge in [-0.1, -0.05) is 51.1 Å². The number of hydrogen-bond acceptors (Lipinski definition) is 2. The van der Waals surface area contributed by atoms with Crippen LogP contribution in [0.25, 0.3) is 0 Å². The molecule has 21 heavy (non-hydrogen) atoms. The molecule has 1 atom stereocenters. The summed E-state index contributed by atoms with van der Waals surface area (Å²) in [5, 5.41) is 0. The Morgan fingerprint density at radius 3 is 2.24 bits per heavy atom. The van der Waals surface area contributed by atoms with Crippen LogP contribution in [-0.4, -0.2) is 21.0 Å². The molecule has 2 nitrogen and oxygen atoms in total. The predicted molar refractivity (Wildman–Crippen MR) is 91.6 cm³/mol. The van der Waals surface area contributed by atoms with Gasteiger partial charge in [-0.05, 0) is 23.7 Å². The van der Waals surface area contributed by atoms with E-state index in [1.165, 1.54) is 5.56 Å². The van der Waals surface area contributed by atoms with Crippen LogP contribution in [0.3, 0.4) is 0 Å². The van der Waals surface area contributed by atoms with Gasteiger partial charge < -0.3 is 9.16 Å². The van der Waals surface area contributed by atoms with Crippen molar-refractivity contribution in [3.63, 3.8) is 0 Å². The van der Waals surface area contributed by atoms with E-state index in [9.17, 15) is 0 Å². The van der Waals surface area contributed by atoms with Crippen LogP contribution >= 0.6 is 0 Å². The second-order valence-corrected chi connectivity index (χ2v) is 10.1. The summed E-state index contributed by atoms with van der Waals surface area (Å²) in [6.07, 6.45) is 6.15. The molecule has 0 aromatic heterocycles. The third kappa shape index (κ3) is 6.05. The largest absolute Gasteiger partial charge is 0.411 e. The van der Waals surface area contributed by atoms with Crippen molar-refractivity contribution in [3.8, 4) is 12.3 Å². The van der Waals surface area contributed by atoms with E-state index in [2.05, 4.69) is 38.8 Å². The molecule has 3 heteroatoms. The SMILES string of the molecule is C#CC[C@H](COCc1ccccc1)O[Si](CC)(CC)CC. The van der Waals surface area contributed by atoms with Gasteiger partial charge in [-0.15, -0.1) is 12.3 Å². The summed E-state index contributed by atoms with van der Waals surface area (Å²) < 4.78 is 12.3. The molecule has 0 aliphatic rings. The molecule has 0 unspecified atom stereocenters. The first kappa shape index (κ1) is 18.0. The van der Waals surface area contributed by atoms with Crippen LogP contribution in [0.4, 0.5) is 0 Å². The zero-order valence-electron chi connectivity index (χ0n) is 13.6. The predicted octanol–water partition coefficient (Wildman–Crippen LogP) is 4.62. The van der Waals surface area contributed by atoms with Gasteiger partial charge in [0.05, 0.1) is 19.3 Å². The molecule has 1 aromatic carbocycles. The lowest BCUT2D eigenvalue weighted by Crippen LogP contribution is -2.41. The van der Waals surface area contributed by atoms with Gasteiger partial charge in [-0.25, -0.2) is 0 Å². The number of hydrogen-bond donors (Lipinski definition) is 0. The van der Waals surface area contributed by atoms with Crippen LogP contribution in [0.1, 0.15) is 32.8 Å². The Morgan fingerprint density at radius 2 is 1.71 bits per heavy atom. The zero-order chi connectivity index (χ0) is 15.6. The van der Waals surface area contributed by atoms with Crippen molar-refractivity contribution in [2.45, 2.75) is 58.0 Å². The van der Waals surface area contributed by atoms with Crippen LogP contribution in [0.2, 0.25) is 18.1 Å². The fourth-order valence-corrected chi connectivity index (χ4v) is 5.36. The minimum absolute atomic E-state index is 0.0326. The van der Waals surface area contributed by atoms with Crippen LogP contribution in [-0.2, 0) is 15.8 Å². The van der Waals surface area contributed by atoms with E-state index >= 15 is 0 Å². The third-order valence-electron chi connectivity index (χ3n) is 4.11. The molecule has 0 aliphatic carbocycles. The highest BCUT2D eigenvalue weighted by Gasteiger charge is 2.31. The van der Waals surface area contributed by atoms with E-state index in [0.717, 1.165) is 18.1 Å². The van der Waals surface area contributed by atoms with Crippen LogP contribution in [0.5, 0.6) is 0 Å². The van der Waals surface area contributed by atoms with Crippen LogP contribution in [0.15, 0.2) is 30.3 Å². The van der Waals surface area contributed by atoms with Gasteiger partial charge in [0.1, 0.15) is 0 Å². The summed E-state index contributed by atoms with van der Waals surface area (Å²) in [6.45, 7) is 7.89. The Hall–Kier alpha value is -1.08. The highest BCUT2D eigenvalue weighted by atomic mass is 28.4. The molecule has 0 amide bonds. The van der Waals surface area contributed by atoms with Crippen molar-refractivity contribution in [2.75, 3.05) is 6.61 Å². The van der Waals surface area contributed by atoms with Gasteiger partial charge in [0.2, 0.25) is 0 Å². The molecular weight excluding hydrogens is 276 g/mol.